The van der Waals surface area contributed by atoms with E-state index < -0.39 is 5.82 Å². The lowest BCUT2D eigenvalue weighted by atomic mass is 10.1. The molecule has 1 atom stereocenters. The van der Waals surface area contributed by atoms with Gasteiger partial charge in [0.15, 0.2) is 0 Å². The summed E-state index contributed by atoms with van der Waals surface area (Å²) in [7, 11) is 0. The van der Waals surface area contributed by atoms with Crippen LogP contribution < -0.4 is 10.5 Å². The number of nitrogens with two attached hydrogens (primary N) is 1. The minimum atomic E-state index is -0.391. The summed E-state index contributed by atoms with van der Waals surface area (Å²) in [6.45, 7) is 2.04. The minimum absolute atomic E-state index is 0.0507. The van der Waals surface area contributed by atoms with Crippen molar-refractivity contribution < 1.29 is 9.13 Å². The number of nitrogens with zero attached hydrogens (tertiary/aromatic N) is 2. The molecule has 0 radical (unpaired) electrons. The van der Waals surface area contributed by atoms with Gasteiger partial charge in [0.1, 0.15) is 18.2 Å². The van der Waals surface area contributed by atoms with Crippen molar-refractivity contribution in [3.63, 3.8) is 0 Å². The minimum Gasteiger partial charge on any atom is -0.487 e. The summed E-state index contributed by atoms with van der Waals surface area (Å²) in [6.07, 6.45) is 2.30. The molecule has 0 saturated carbocycles. The van der Waals surface area contributed by atoms with E-state index in [1.165, 1.54) is 18.2 Å². The fourth-order valence-electron chi connectivity index (χ4n) is 1.90. The number of benzene rings is 1. The van der Waals surface area contributed by atoms with E-state index in [0.29, 0.717) is 23.3 Å². The molecule has 2 aromatic rings. The first-order valence-corrected chi connectivity index (χ1v) is 6.60. The number of hydrogen-bond donors (Lipinski definition) is 1. The normalized spacial score (nSPS) is 11.7. The zero-order valence-corrected chi connectivity index (χ0v) is 11.7. The number of rotatable bonds is 5. The lowest BCUT2D eigenvalue weighted by molar-refractivity contribution is 0.304. The Labute approximate surface area is 123 Å². The third-order valence-corrected chi connectivity index (χ3v) is 2.91. The van der Waals surface area contributed by atoms with Crippen LogP contribution in [0.1, 0.15) is 23.7 Å². The van der Waals surface area contributed by atoms with Crippen LogP contribution in [-0.4, -0.2) is 11.0 Å². The van der Waals surface area contributed by atoms with E-state index in [4.69, 9.17) is 15.7 Å². The molecule has 0 amide bonds. The van der Waals surface area contributed by atoms with E-state index in [9.17, 15) is 4.39 Å². The number of nitriles is 1. The average molecular weight is 285 g/mol. The third kappa shape index (κ3) is 4.26. The van der Waals surface area contributed by atoms with Crippen LogP contribution in [0.3, 0.4) is 0 Å². The van der Waals surface area contributed by atoms with Crippen LogP contribution in [0.4, 0.5) is 4.39 Å². The van der Waals surface area contributed by atoms with Crippen molar-refractivity contribution in [1.29, 1.82) is 5.26 Å². The number of aromatic nitrogens is 1. The number of ether oxygens (including phenoxy) is 1. The highest BCUT2D eigenvalue weighted by atomic mass is 19.1. The van der Waals surface area contributed by atoms with Gasteiger partial charge in [-0.15, -0.1) is 0 Å². The molecule has 4 nitrogen and oxygen atoms in total. The topological polar surface area (TPSA) is 71.9 Å². The largest absolute Gasteiger partial charge is 0.487 e. The first-order valence-electron chi connectivity index (χ1n) is 6.60. The summed E-state index contributed by atoms with van der Waals surface area (Å²) in [5.41, 5.74) is 7.51. The second kappa shape index (κ2) is 6.82. The molecule has 1 aromatic heterocycles. The second-order valence-electron chi connectivity index (χ2n) is 4.87. The second-order valence-corrected chi connectivity index (χ2v) is 4.87. The van der Waals surface area contributed by atoms with Gasteiger partial charge in [-0.1, -0.05) is 0 Å². The van der Waals surface area contributed by atoms with Gasteiger partial charge in [0.2, 0.25) is 0 Å². The molecule has 1 unspecified atom stereocenters. The van der Waals surface area contributed by atoms with Crippen LogP contribution in [0.25, 0.3) is 0 Å². The Kier molecular flexibility index (Phi) is 4.85. The van der Waals surface area contributed by atoms with Crippen LogP contribution in [0.2, 0.25) is 0 Å². The fraction of sp³-hybridized carbons (Fsp3) is 0.250. The maximum atomic E-state index is 13.2. The molecule has 1 aromatic carbocycles. The fourth-order valence-corrected chi connectivity index (χ4v) is 1.90. The first-order chi connectivity index (χ1) is 10.1. The Balaban J connectivity index is 2.03. The van der Waals surface area contributed by atoms with E-state index >= 15 is 0 Å². The van der Waals surface area contributed by atoms with Gasteiger partial charge in [0, 0.05) is 23.7 Å². The predicted molar refractivity (Wildman–Crippen MR) is 77.0 cm³/mol. The number of hydrogen-bond acceptors (Lipinski definition) is 4. The van der Waals surface area contributed by atoms with E-state index in [2.05, 4.69) is 4.98 Å². The zero-order chi connectivity index (χ0) is 15.2. The Hall–Kier alpha value is -2.45. The van der Waals surface area contributed by atoms with Gasteiger partial charge in [-0.25, -0.2) is 4.39 Å². The van der Waals surface area contributed by atoms with Crippen LogP contribution in [0, 0.1) is 17.1 Å². The Morgan fingerprint density at radius 1 is 1.38 bits per heavy atom. The molecule has 108 valence electrons. The lowest BCUT2D eigenvalue weighted by Crippen LogP contribution is -2.18. The van der Waals surface area contributed by atoms with Gasteiger partial charge < -0.3 is 10.5 Å². The quantitative estimate of drug-likeness (QED) is 0.916. The summed E-state index contributed by atoms with van der Waals surface area (Å²) < 4.78 is 18.7. The highest BCUT2D eigenvalue weighted by Gasteiger charge is 2.06. The Morgan fingerprint density at radius 3 is 2.81 bits per heavy atom. The molecule has 21 heavy (non-hydrogen) atoms. The predicted octanol–water partition coefficient (Wildman–Crippen LogP) is 2.56. The molecule has 2 rings (SSSR count). The SMILES string of the molecule is CC(N)Cc1ccc(OCc2cc(F)ccc2C#N)cn1. The number of halogens is 1. The standard InChI is InChI=1S/C16H16FN3O/c1-11(19)6-15-4-5-16(9-20-15)21-10-13-7-14(17)3-2-12(13)8-18/h2-5,7,9,11H,6,10,19H2,1H3. The Bertz CT molecular complexity index is 648. The molecular formula is C16H16FN3O. The van der Waals surface area contributed by atoms with Gasteiger partial charge in [0.25, 0.3) is 0 Å². The third-order valence-electron chi connectivity index (χ3n) is 2.91. The summed E-state index contributed by atoms with van der Waals surface area (Å²) >= 11 is 0. The van der Waals surface area contributed by atoms with Gasteiger partial charge in [-0.2, -0.15) is 5.26 Å². The van der Waals surface area contributed by atoms with Crippen LogP contribution in [-0.2, 0) is 13.0 Å². The number of pyridine rings is 1. The van der Waals surface area contributed by atoms with Crippen molar-refractivity contribution in [2.75, 3.05) is 0 Å². The summed E-state index contributed by atoms with van der Waals surface area (Å²) in [4.78, 5) is 4.25. The van der Waals surface area contributed by atoms with Crippen LogP contribution >= 0.6 is 0 Å². The molecule has 2 N–H and O–H groups in total. The molecule has 0 aliphatic heterocycles. The van der Waals surface area contributed by atoms with Crippen molar-refractivity contribution in [3.05, 3.63) is 59.2 Å². The van der Waals surface area contributed by atoms with Gasteiger partial charge >= 0.3 is 0 Å². The molecule has 1 heterocycles. The van der Waals surface area contributed by atoms with E-state index in [0.717, 1.165) is 5.69 Å². The average Bonchev–Trinajstić information content (AvgIpc) is 2.46. The van der Waals surface area contributed by atoms with Crippen molar-refractivity contribution in [2.45, 2.75) is 26.0 Å². The molecular weight excluding hydrogens is 269 g/mol. The van der Waals surface area contributed by atoms with Crippen molar-refractivity contribution in [2.24, 2.45) is 5.73 Å². The first kappa shape index (κ1) is 14.9. The monoisotopic (exact) mass is 285 g/mol. The van der Waals surface area contributed by atoms with Crippen LogP contribution in [0.15, 0.2) is 36.5 Å². The lowest BCUT2D eigenvalue weighted by Gasteiger charge is -2.09. The highest BCUT2D eigenvalue weighted by molar-refractivity contribution is 5.37. The molecule has 0 bridgehead atoms. The van der Waals surface area contributed by atoms with E-state index in [1.807, 2.05) is 19.1 Å². The maximum absolute atomic E-state index is 13.2. The smallest absolute Gasteiger partial charge is 0.138 e. The summed E-state index contributed by atoms with van der Waals surface area (Å²) in [5.74, 6) is 0.176. The van der Waals surface area contributed by atoms with E-state index in [-0.39, 0.29) is 12.6 Å². The Morgan fingerprint density at radius 2 is 2.19 bits per heavy atom. The molecule has 0 saturated heterocycles. The zero-order valence-electron chi connectivity index (χ0n) is 11.7. The molecule has 0 aliphatic carbocycles. The maximum Gasteiger partial charge on any atom is 0.138 e. The van der Waals surface area contributed by atoms with Gasteiger partial charge in [0.05, 0.1) is 17.8 Å². The molecule has 0 aliphatic rings. The van der Waals surface area contributed by atoms with Crippen molar-refractivity contribution >= 4 is 0 Å². The van der Waals surface area contributed by atoms with Crippen LogP contribution in [0.5, 0.6) is 5.75 Å². The van der Waals surface area contributed by atoms with Crippen molar-refractivity contribution in [1.82, 2.24) is 4.98 Å². The molecule has 0 fully saturated rings. The highest BCUT2D eigenvalue weighted by Crippen LogP contribution is 2.16. The summed E-state index contributed by atoms with van der Waals surface area (Å²) in [6, 6.07) is 9.70. The van der Waals surface area contributed by atoms with Gasteiger partial charge in [-0.3, -0.25) is 4.98 Å². The summed E-state index contributed by atoms with van der Waals surface area (Å²) in [5, 5.41) is 8.97. The van der Waals surface area contributed by atoms with Gasteiger partial charge in [-0.05, 0) is 37.3 Å². The molecule has 5 heteroatoms. The molecule has 0 spiro atoms. The van der Waals surface area contributed by atoms with Crippen molar-refractivity contribution in [3.8, 4) is 11.8 Å². The van der Waals surface area contributed by atoms with E-state index in [1.54, 1.807) is 12.3 Å².